The summed E-state index contributed by atoms with van der Waals surface area (Å²) < 4.78 is 1.01. The zero-order valence-electron chi connectivity index (χ0n) is 8.42. The minimum absolute atomic E-state index is 0.417. The summed E-state index contributed by atoms with van der Waals surface area (Å²) >= 11 is 8.16. The van der Waals surface area contributed by atoms with Crippen LogP contribution in [0.3, 0.4) is 0 Å². The molecule has 1 aromatic carbocycles. The first-order valence-corrected chi connectivity index (χ1v) is 6.34. The molecule has 1 aromatic rings. The van der Waals surface area contributed by atoms with Crippen LogP contribution >= 0.6 is 34.2 Å². The van der Waals surface area contributed by atoms with Gasteiger partial charge in [-0.15, -0.1) is 6.58 Å². The lowest BCUT2D eigenvalue weighted by atomic mass is 10.0. The molecule has 3 heteroatoms. The van der Waals surface area contributed by atoms with Crippen LogP contribution in [0, 0.1) is 3.57 Å². The Morgan fingerprint density at radius 3 is 2.87 bits per heavy atom. The number of halogens is 2. The Balaban J connectivity index is 2.61. The van der Waals surface area contributed by atoms with Crippen LogP contribution in [0.1, 0.15) is 30.9 Å². The third-order valence-electron chi connectivity index (χ3n) is 2.21. The molecule has 0 spiro atoms. The molecule has 0 aliphatic rings. The highest BCUT2D eigenvalue weighted by atomic mass is 127. The molecular weight excluding hydrogens is 322 g/mol. The predicted molar refractivity (Wildman–Crippen MR) is 73.2 cm³/mol. The van der Waals surface area contributed by atoms with E-state index in [0.717, 1.165) is 28.4 Å². The zero-order valence-corrected chi connectivity index (χ0v) is 11.3. The van der Waals surface area contributed by atoms with Crippen LogP contribution in [0.25, 0.3) is 0 Å². The van der Waals surface area contributed by atoms with Gasteiger partial charge in [0, 0.05) is 3.57 Å². The fraction of sp³-hybridized carbons (Fsp3) is 0.333. The maximum absolute atomic E-state index is 9.87. The molecule has 0 amide bonds. The van der Waals surface area contributed by atoms with Gasteiger partial charge in [0.25, 0.3) is 0 Å². The van der Waals surface area contributed by atoms with Crippen molar-refractivity contribution < 1.29 is 5.11 Å². The minimum Gasteiger partial charge on any atom is -0.388 e. The Morgan fingerprint density at radius 2 is 2.27 bits per heavy atom. The van der Waals surface area contributed by atoms with Crippen LogP contribution in [0.5, 0.6) is 0 Å². The van der Waals surface area contributed by atoms with Gasteiger partial charge in [0.05, 0.1) is 11.1 Å². The average molecular weight is 337 g/mol. The lowest BCUT2D eigenvalue weighted by molar-refractivity contribution is 0.165. The first-order valence-electron chi connectivity index (χ1n) is 4.89. The summed E-state index contributed by atoms with van der Waals surface area (Å²) in [5.74, 6) is 0. The highest BCUT2D eigenvalue weighted by molar-refractivity contribution is 14.1. The molecule has 1 unspecified atom stereocenters. The fourth-order valence-corrected chi connectivity index (χ4v) is 1.87. The van der Waals surface area contributed by atoms with Crippen molar-refractivity contribution >= 4 is 34.2 Å². The second-order valence-electron chi connectivity index (χ2n) is 3.41. The van der Waals surface area contributed by atoms with Crippen molar-refractivity contribution in [1.29, 1.82) is 0 Å². The van der Waals surface area contributed by atoms with Crippen molar-refractivity contribution in [2.75, 3.05) is 0 Å². The fourth-order valence-electron chi connectivity index (χ4n) is 1.34. The van der Waals surface area contributed by atoms with Crippen molar-refractivity contribution in [2.45, 2.75) is 25.4 Å². The van der Waals surface area contributed by atoms with E-state index in [1.165, 1.54) is 0 Å². The second-order valence-corrected chi connectivity index (χ2v) is 4.98. The molecule has 1 atom stereocenters. The highest BCUT2D eigenvalue weighted by Crippen LogP contribution is 2.25. The van der Waals surface area contributed by atoms with Crippen LogP contribution in [0.2, 0.25) is 5.02 Å². The Kier molecular flexibility index (Phi) is 5.64. The standard InChI is InChI=1S/C12H14ClIO/c1-2-3-4-5-12(15)9-6-7-11(14)10(13)8-9/h2,6-8,12,15H,1,3-5H2. The molecule has 1 rings (SSSR count). The number of unbranched alkanes of at least 4 members (excludes halogenated alkanes) is 1. The zero-order chi connectivity index (χ0) is 11.3. The number of hydrogen-bond donors (Lipinski definition) is 1. The molecule has 15 heavy (non-hydrogen) atoms. The lowest BCUT2D eigenvalue weighted by Gasteiger charge is -2.11. The van der Waals surface area contributed by atoms with Crippen LogP contribution in [-0.2, 0) is 0 Å². The normalized spacial score (nSPS) is 12.5. The maximum atomic E-state index is 9.87. The molecule has 0 fully saturated rings. The van der Waals surface area contributed by atoms with Gasteiger partial charge in [-0.3, -0.25) is 0 Å². The number of hydrogen-bond acceptors (Lipinski definition) is 1. The quantitative estimate of drug-likeness (QED) is 0.482. The maximum Gasteiger partial charge on any atom is 0.0790 e. The van der Waals surface area contributed by atoms with Gasteiger partial charge in [-0.25, -0.2) is 0 Å². The number of rotatable bonds is 5. The SMILES string of the molecule is C=CCCCC(O)c1ccc(I)c(Cl)c1. The van der Waals surface area contributed by atoms with Crippen molar-refractivity contribution in [2.24, 2.45) is 0 Å². The van der Waals surface area contributed by atoms with Gasteiger partial charge < -0.3 is 5.11 Å². The lowest BCUT2D eigenvalue weighted by Crippen LogP contribution is -1.97. The third-order valence-corrected chi connectivity index (χ3v) is 3.79. The summed E-state index contributed by atoms with van der Waals surface area (Å²) in [4.78, 5) is 0. The van der Waals surface area contributed by atoms with Gasteiger partial charge in [-0.2, -0.15) is 0 Å². The topological polar surface area (TPSA) is 20.2 Å². The van der Waals surface area contributed by atoms with Gasteiger partial charge in [-0.05, 0) is 59.5 Å². The van der Waals surface area contributed by atoms with Crippen molar-refractivity contribution in [1.82, 2.24) is 0 Å². The number of aliphatic hydroxyl groups excluding tert-OH is 1. The number of allylic oxidation sites excluding steroid dienone is 1. The summed E-state index contributed by atoms with van der Waals surface area (Å²) in [6, 6.07) is 5.68. The van der Waals surface area contributed by atoms with Gasteiger partial charge in [0.2, 0.25) is 0 Å². The first kappa shape index (κ1) is 13.0. The summed E-state index contributed by atoms with van der Waals surface area (Å²) in [5.41, 5.74) is 0.893. The first-order chi connectivity index (χ1) is 7.15. The molecule has 0 radical (unpaired) electrons. The van der Waals surface area contributed by atoms with E-state index in [4.69, 9.17) is 11.6 Å². The van der Waals surface area contributed by atoms with E-state index in [0.29, 0.717) is 5.02 Å². The van der Waals surface area contributed by atoms with E-state index < -0.39 is 6.10 Å². The summed E-state index contributed by atoms with van der Waals surface area (Å²) in [6.45, 7) is 3.65. The Bertz CT molecular complexity index is 338. The Hall–Kier alpha value is -0.0600. The largest absolute Gasteiger partial charge is 0.388 e. The molecule has 0 aliphatic heterocycles. The van der Waals surface area contributed by atoms with Gasteiger partial charge >= 0.3 is 0 Å². The van der Waals surface area contributed by atoms with E-state index >= 15 is 0 Å². The number of benzene rings is 1. The predicted octanol–water partition coefficient (Wildman–Crippen LogP) is 4.33. The molecule has 1 N–H and O–H groups in total. The summed E-state index contributed by atoms with van der Waals surface area (Å²) in [6.07, 6.45) is 4.10. The Morgan fingerprint density at radius 1 is 1.53 bits per heavy atom. The van der Waals surface area contributed by atoms with Crippen LogP contribution in [0.4, 0.5) is 0 Å². The van der Waals surface area contributed by atoms with Crippen LogP contribution in [-0.4, -0.2) is 5.11 Å². The Labute approximate surface area is 109 Å². The van der Waals surface area contributed by atoms with Crippen LogP contribution in [0.15, 0.2) is 30.9 Å². The summed E-state index contributed by atoms with van der Waals surface area (Å²) in [7, 11) is 0. The molecule has 0 bridgehead atoms. The average Bonchev–Trinajstić information content (AvgIpc) is 2.22. The van der Waals surface area contributed by atoms with E-state index in [9.17, 15) is 5.11 Å². The smallest absolute Gasteiger partial charge is 0.0790 e. The molecule has 0 saturated heterocycles. The molecule has 82 valence electrons. The van der Waals surface area contributed by atoms with E-state index in [2.05, 4.69) is 29.2 Å². The van der Waals surface area contributed by atoms with E-state index in [1.54, 1.807) is 0 Å². The summed E-state index contributed by atoms with van der Waals surface area (Å²) in [5, 5.41) is 10.6. The molecule has 0 aliphatic carbocycles. The van der Waals surface area contributed by atoms with Crippen molar-refractivity contribution in [3.8, 4) is 0 Å². The molecule has 0 heterocycles. The van der Waals surface area contributed by atoms with E-state index in [1.807, 2.05) is 24.3 Å². The molecule has 0 aromatic heterocycles. The minimum atomic E-state index is -0.417. The van der Waals surface area contributed by atoms with Crippen molar-refractivity contribution in [3.63, 3.8) is 0 Å². The third kappa shape index (κ3) is 4.13. The molecule has 0 saturated carbocycles. The van der Waals surface area contributed by atoms with Gasteiger partial charge in [-0.1, -0.05) is 23.7 Å². The monoisotopic (exact) mass is 336 g/mol. The second kappa shape index (κ2) is 6.51. The van der Waals surface area contributed by atoms with Crippen LogP contribution < -0.4 is 0 Å². The number of aliphatic hydroxyl groups is 1. The molecule has 1 nitrogen and oxygen atoms in total. The van der Waals surface area contributed by atoms with E-state index in [-0.39, 0.29) is 0 Å². The molecular formula is C12H14ClIO. The van der Waals surface area contributed by atoms with Gasteiger partial charge in [0.15, 0.2) is 0 Å². The highest BCUT2D eigenvalue weighted by Gasteiger charge is 2.08. The van der Waals surface area contributed by atoms with Gasteiger partial charge in [0.1, 0.15) is 0 Å². The van der Waals surface area contributed by atoms with Crippen molar-refractivity contribution in [3.05, 3.63) is 45.0 Å².